The maximum absolute atomic E-state index is 14.2. The van der Waals surface area contributed by atoms with Crippen molar-refractivity contribution in [3.63, 3.8) is 0 Å². The second-order valence-electron chi connectivity index (χ2n) is 6.79. The molecule has 1 saturated heterocycles. The minimum Gasteiger partial charge on any atom is -0.486 e. The molecular weight excluding hydrogens is 385 g/mol. The fourth-order valence-electron chi connectivity index (χ4n) is 3.64. The molecule has 1 atom stereocenters. The zero-order valence-electron chi connectivity index (χ0n) is 15.1. The lowest BCUT2D eigenvalue weighted by Gasteiger charge is -2.24. The molecule has 2 aromatic rings. The van der Waals surface area contributed by atoms with Crippen molar-refractivity contribution in [3.05, 3.63) is 59.4 Å². The Hall–Kier alpha value is -2.61. The second kappa shape index (κ2) is 7.43. The third-order valence-corrected chi connectivity index (χ3v) is 7.18. The van der Waals surface area contributed by atoms with Crippen molar-refractivity contribution in [1.29, 1.82) is 0 Å². The average molecular weight is 405 g/mol. The Bertz CT molecular complexity index is 1010. The second-order valence-corrected chi connectivity index (χ2v) is 9.09. The van der Waals surface area contributed by atoms with Gasteiger partial charge in [0.15, 0.2) is 21.3 Å². The molecule has 4 rings (SSSR count). The Balaban J connectivity index is 1.60. The van der Waals surface area contributed by atoms with Crippen LogP contribution in [0.25, 0.3) is 0 Å². The third-order valence-electron chi connectivity index (χ3n) is 5.08. The number of hydrogen-bond acceptors (Lipinski definition) is 5. The number of halogens is 1. The van der Waals surface area contributed by atoms with E-state index in [1.807, 2.05) is 0 Å². The predicted molar refractivity (Wildman–Crippen MR) is 101 cm³/mol. The molecule has 2 aromatic carbocycles. The van der Waals surface area contributed by atoms with E-state index in [1.165, 1.54) is 23.1 Å². The van der Waals surface area contributed by atoms with Crippen molar-refractivity contribution >= 4 is 15.7 Å². The van der Waals surface area contributed by atoms with E-state index in [2.05, 4.69) is 0 Å². The first-order chi connectivity index (χ1) is 13.5. The summed E-state index contributed by atoms with van der Waals surface area (Å²) in [6.07, 6.45) is 0.140. The molecule has 148 valence electrons. The largest absolute Gasteiger partial charge is 0.486 e. The summed E-state index contributed by atoms with van der Waals surface area (Å²) in [6, 6.07) is 11.0. The predicted octanol–water partition coefficient (Wildman–Crippen LogP) is 2.60. The van der Waals surface area contributed by atoms with Gasteiger partial charge in [0.25, 0.3) is 5.91 Å². The van der Waals surface area contributed by atoms with Crippen LogP contribution in [0.5, 0.6) is 11.5 Å². The number of rotatable bonds is 2. The van der Waals surface area contributed by atoms with Crippen LogP contribution >= 0.6 is 0 Å². The van der Waals surface area contributed by atoms with Crippen molar-refractivity contribution in [2.45, 2.75) is 11.7 Å². The van der Waals surface area contributed by atoms with Crippen molar-refractivity contribution in [3.8, 4) is 11.5 Å². The Morgan fingerprint density at radius 2 is 1.82 bits per heavy atom. The minimum atomic E-state index is -3.59. The number of fused-ring (bicyclic) bond motifs is 1. The molecule has 0 bridgehead atoms. The summed E-state index contributed by atoms with van der Waals surface area (Å²) < 4.78 is 50.8. The van der Waals surface area contributed by atoms with Crippen molar-refractivity contribution in [2.24, 2.45) is 0 Å². The van der Waals surface area contributed by atoms with Gasteiger partial charge in [0.05, 0.1) is 16.6 Å². The van der Waals surface area contributed by atoms with E-state index < -0.39 is 20.9 Å². The van der Waals surface area contributed by atoms with Gasteiger partial charge in [-0.2, -0.15) is 0 Å². The van der Waals surface area contributed by atoms with Gasteiger partial charge in [-0.25, -0.2) is 12.8 Å². The van der Waals surface area contributed by atoms with E-state index in [4.69, 9.17) is 9.47 Å². The molecule has 6 nitrogen and oxygen atoms in total. The highest BCUT2D eigenvalue weighted by Crippen LogP contribution is 2.36. The third kappa shape index (κ3) is 3.44. The molecule has 0 saturated carbocycles. The number of carbonyl (C=O) groups excluding carboxylic acids is 1. The monoisotopic (exact) mass is 405 g/mol. The van der Waals surface area contributed by atoms with Crippen LogP contribution in [0.3, 0.4) is 0 Å². The van der Waals surface area contributed by atoms with Crippen LogP contribution in [0.1, 0.15) is 27.6 Å². The Morgan fingerprint density at radius 1 is 1.04 bits per heavy atom. The first-order valence-corrected chi connectivity index (χ1v) is 10.8. The molecule has 1 fully saturated rings. The number of benzene rings is 2. The summed E-state index contributed by atoms with van der Waals surface area (Å²) in [5.41, 5.74) is 0.504. The van der Waals surface area contributed by atoms with E-state index in [1.54, 1.807) is 24.3 Å². The van der Waals surface area contributed by atoms with Crippen LogP contribution in [0.15, 0.2) is 42.5 Å². The van der Waals surface area contributed by atoms with Crippen LogP contribution in [0.4, 0.5) is 4.39 Å². The molecule has 2 aliphatic heterocycles. The van der Waals surface area contributed by atoms with Crippen LogP contribution in [0, 0.1) is 5.82 Å². The average Bonchev–Trinajstić information content (AvgIpc) is 2.85. The molecule has 1 unspecified atom stereocenters. The standard InChI is InChI=1S/C20H20FNO5S/c21-16-6-2-1-4-14(16)18-8-9-22(10-13-28(18,24)25)20(23)15-5-3-7-17-19(15)27-12-11-26-17/h1-7,18H,8-13H2. The zero-order valence-corrected chi connectivity index (χ0v) is 16.0. The van der Waals surface area contributed by atoms with Gasteiger partial charge >= 0.3 is 0 Å². The lowest BCUT2D eigenvalue weighted by Crippen LogP contribution is -2.34. The number of ether oxygens (including phenoxy) is 2. The molecule has 0 aliphatic carbocycles. The van der Waals surface area contributed by atoms with E-state index in [0.717, 1.165) is 0 Å². The zero-order chi connectivity index (χ0) is 19.7. The fraction of sp³-hybridized carbons (Fsp3) is 0.350. The highest BCUT2D eigenvalue weighted by molar-refractivity contribution is 7.91. The maximum atomic E-state index is 14.2. The molecule has 0 spiro atoms. The number of sulfone groups is 1. The molecule has 2 aliphatic rings. The van der Waals surface area contributed by atoms with Gasteiger partial charge in [0.2, 0.25) is 0 Å². The van der Waals surface area contributed by atoms with Gasteiger partial charge in [-0.3, -0.25) is 4.79 Å². The minimum absolute atomic E-state index is 0.0522. The van der Waals surface area contributed by atoms with Gasteiger partial charge in [-0.15, -0.1) is 0 Å². The topological polar surface area (TPSA) is 72.9 Å². The van der Waals surface area contributed by atoms with Gasteiger partial charge in [-0.05, 0) is 24.6 Å². The molecular formula is C20H20FNO5S. The van der Waals surface area contributed by atoms with Crippen LogP contribution < -0.4 is 9.47 Å². The molecule has 28 heavy (non-hydrogen) atoms. The van der Waals surface area contributed by atoms with Crippen LogP contribution in [-0.4, -0.2) is 51.3 Å². The fourth-order valence-corrected chi connectivity index (χ4v) is 5.45. The first kappa shape index (κ1) is 18.7. The van der Waals surface area contributed by atoms with Crippen molar-refractivity contribution in [1.82, 2.24) is 4.90 Å². The maximum Gasteiger partial charge on any atom is 0.257 e. The van der Waals surface area contributed by atoms with E-state index >= 15 is 0 Å². The highest BCUT2D eigenvalue weighted by Gasteiger charge is 2.35. The summed E-state index contributed by atoms with van der Waals surface area (Å²) in [5, 5.41) is -0.962. The molecule has 8 heteroatoms. The number of hydrogen-bond donors (Lipinski definition) is 0. The molecule has 0 N–H and O–H groups in total. The van der Waals surface area contributed by atoms with Gasteiger partial charge in [-0.1, -0.05) is 24.3 Å². The summed E-state index contributed by atoms with van der Waals surface area (Å²) in [7, 11) is -3.59. The summed E-state index contributed by atoms with van der Waals surface area (Å²) in [6.45, 7) is 1.02. The summed E-state index contributed by atoms with van der Waals surface area (Å²) in [5.74, 6) is -0.185. The normalized spacial score (nSPS) is 21.0. The lowest BCUT2D eigenvalue weighted by molar-refractivity contribution is 0.0756. The Kier molecular flexibility index (Phi) is 4.97. The number of para-hydroxylation sites is 1. The lowest BCUT2D eigenvalue weighted by atomic mass is 10.1. The van der Waals surface area contributed by atoms with Gasteiger partial charge in [0, 0.05) is 18.7 Å². The summed E-state index contributed by atoms with van der Waals surface area (Å²) in [4.78, 5) is 14.6. The SMILES string of the molecule is O=C(c1cccc2c1OCCO2)N1CCC(c2ccccc2F)S(=O)(=O)CC1. The number of carbonyl (C=O) groups is 1. The van der Waals surface area contributed by atoms with Crippen LogP contribution in [0.2, 0.25) is 0 Å². The molecule has 2 heterocycles. The van der Waals surface area contributed by atoms with Gasteiger partial charge in [0.1, 0.15) is 19.0 Å². The van der Waals surface area contributed by atoms with E-state index in [-0.39, 0.29) is 36.7 Å². The van der Waals surface area contributed by atoms with Gasteiger partial charge < -0.3 is 14.4 Å². The molecule has 1 amide bonds. The quantitative estimate of drug-likeness (QED) is 0.768. The number of nitrogens with zero attached hydrogens (tertiary/aromatic N) is 1. The van der Waals surface area contributed by atoms with E-state index in [9.17, 15) is 17.6 Å². The summed E-state index contributed by atoms with van der Waals surface area (Å²) >= 11 is 0. The van der Waals surface area contributed by atoms with Crippen molar-refractivity contribution in [2.75, 3.05) is 32.1 Å². The van der Waals surface area contributed by atoms with Crippen LogP contribution in [-0.2, 0) is 9.84 Å². The Labute approximate surface area is 162 Å². The molecule has 0 radical (unpaired) electrons. The van der Waals surface area contributed by atoms with E-state index in [0.29, 0.717) is 30.3 Å². The highest BCUT2D eigenvalue weighted by atomic mass is 32.2. The molecule has 0 aromatic heterocycles. The first-order valence-electron chi connectivity index (χ1n) is 9.11. The number of amides is 1. The smallest absolute Gasteiger partial charge is 0.257 e. The Morgan fingerprint density at radius 3 is 2.64 bits per heavy atom. The van der Waals surface area contributed by atoms with Crippen molar-refractivity contribution < 1.29 is 27.1 Å².